The Hall–Kier alpha value is -1.94. The molecule has 90 valence electrons. The summed E-state index contributed by atoms with van der Waals surface area (Å²) < 4.78 is 10.4. The molecule has 0 saturated carbocycles. The van der Waals surface area contributed by atoms with Crippen molar-refractivity contribution >= 4 is 10.8 Å². The van der Waals surface area contributed by atoms with Crippen molar-refractivity contribution in [3.05, 3.63) is 29.8 Å². The molecule has 17 heavy (non-hydrogen) atoms. The number of methoxy groups -OCH3 is 2. The van der Waals surface area contributed by atoms with Crippen LogP contribution in [0.3, 0.4) is 0 Å². The van der Waals surface area contributed by atoms with E-state index in [2.05, 4.69) is 0 Å². The summed E-state index contributed by atoms with van der Waals surface area (Å²) in [5.74, 6) is 1.44. The zero-order valence-corrected chi connectivity index (χ0v) is 9.86. The number of hydrogen-bond acceptors (Lipinski definition) is 4. The second-order valence-corrected chi connectivity index (χ2v) is 3.75. The van der Waals surface area contributed by atoms with Gasteiger partial charge in [-0.3, -0.25) is 0 Å². The van der Waals surface area contributed by atoms with Crippen molar-refractivity contribution in [3.8, 4) is 17.2 Å². The summed E-state index contributed by atoms with van der Waals surface area (Å²) in [6.45, 7) is 0.378. The molecule has 0 heterocycles. The zero-order valence-electron chi connectivity index (χ0n) is 9.86. The second-order valence-electron chi connectivity index (χ2n) is 3.75. The fourth-order valence-corrected chi connectivity index (χ4v) is 1.88. The normalized spacial score (nSPS) is 10.5. The molecule has 2 aromatic rings. The Morgan fingerprint density at radius 2 is 1.88 bits per heavy atom. The molecule has 4 nitrogen and oxygen atoms in total. The molecule has 0 aliphatic carbocycles. The summed E-state index contributed by atoms with van der Waals surface area (Å²) in [5.41, 5.74) is 6.44. The van der Waals surface area contributed by atoms with Gasteiger partial charge in [-0.15, -0.1) is 0 Å². The number of nitrogens with two attached hydrogens (primary N) is 1. The Kier molecular flexibility index (Phi) is 3.06. The smallest absolute Gasteiger partial charge is 0.134 e. The molecular formula is C13H15NO3. The maximum atomic E-state index is 9.98. The van der Waals surface area contributed by atoms with Gasteiger partial charge in [-0.1, -0.05) is 0 Å². The van der Waals surface area contributed by atoms with E-state index in [1.165, 1.54) is 0 Å². The maximum Gasteiger partial charge on any atom is 0.134 e. The lowest BCUT2D eigenvalue weighted by atomic mass is 10.0. The molecule has 4 heteroatoms. The third-order valence-electron chi connectivity index (χ3n) is 2.72. The predicted octanol–water partition coefficient (Wildman–Crippen LogP) is 2.02. The van der Waals surface area contributed by atoms with Gasteiger partial charge in [0.15, 0.2) is 0 Å². The Morgan fingerprint density at radius 3 is 2.47 bits per heavy atom. The standard InChI is InChI=1S/C13H15NO3/c1-16-10-5-9-3-8(7-14)4-11(15)13(9)12(6-10)17-2/h3-6,15H,7,14H2,1-2H3. The van der Waals surface area contributed by atoms with E-state index >= 15 is 0 Å². The molecule has 2 rings (SSSR count). The number of hydrogen-bond donors (Lipinski definition) is 2. The Morgan fingerprint density at radius 1 is 1.12 bits per heavy atom. The van der Waals surface area contributed by atoms with Crippen molar-refractivity contribution in [2.75, 3.05) is 14.2 Å². The van der Waals surface area contributed by atoms with E-state index in [9.17, 15) is 5.11 Å². The van der Waals surface area contributed by atoms with E-state index in [0.717, 1.165) is 10.9 Å². The van der Waals surface area contributed by atoms with E-state index in [-0.39, 0.29) is 5.75 Å². The number of fused-ring (bicyclic) bond motifs is 1. The van der Waals surface area contributed by atoms with Gasteiger partial charge in [0.1, 0.15) is 17.2 Å². The van der Waals surface area contributed by atoms with Crippen LogP contribution >= 0.6 is 0 Å². The summed E-state index contributed by atoms with van der Waals surface area (Å²) in [4.78, 5) is 0. The topological polar surface area (TPSA) is 64.7 Å². The lowest BCUT2D eigenvalue weighted by Gasteiger charge is -2.11. The second kappa shape index (κ2) is 4.51. The molecule has 0 saturated heterocycles. The number of aromatic hydroxyl groups is 1. The van der Waals surface area contributed by atoms with Crippen molar-refractivity contribution in [2.24, 2.45) is 5.73 Å². The minimum absolute atomic E-state index is 0.169. The largest absolute Gasteiger partial charge is 0.507 e. The quantitative estimate of drug-likeness (QED) is 0.851. The molecule has 0 bridgehead atoms. The average Bonchev–Trinajstić information content (AvgIpc) is 2.36. The molecule has 0 radical (unpaired) electrons. The van der Waals surface area contributed by atoms with Gasteiger partial charge in [0.05, 0.1) is 19.6 Å². The first kappa shape index (κ1) is 11.5. The van der Waals surface area contributed by atoms with Gasteiger partial charge >= 0.3 is 0 Å². The Balaban J connectivity index is 2.79. The van der Waals surface area contributed by atoms with Crippen LogP contribution in [0.4, 0.5) is 0 Å². The number of phenols is 1. The highest BCUT2D eigenvalue weighted by molar-refractivity contribution is 5.95. The number of rotatable bonds is 3. The molecule has 2 aromatic carbocycles. The lowest BCUT2D eigenvalue weighted by molar-refractivity contribution is 0.396. The molecule has 0 atom stereocenters. The SMILES string of the molecule is COc1cc(OC)c2c(O)cc(CN)cc2c1. The van der Waals surface area contributed by atoms with Crippen LogP contribution < -0.4 is 15.2 Å². The fourth-order valence-electron chi connectivity index (χ4n) is 1.88. The van der Waals surface area contributed by atoms with E-state index in [4.69, 9.17) is 15.2 Å². The first-order valence-electron chi connectivity index (χ1n) is 5.27. The summed E-state index contributed by atoms with van der Waals surface area (Å²) in [6, 6.07) is 7.15. The van der Waals surface area contributed by atoms with Gasteiger partial charge in [0, 0.05) is 12.6 Å². The maximum absolute atomic E-state index is 9.98. The highest BCUT2D eigenvalue weighted by atomic mass is 16.5. The van der Waals surface area contributed by atoms with Gasteiger partial charge in [-0.05, 0) is 29.1 Å². The zero-order chi connectivity index (χ0) is 12.4. The van der Waals surface area contributed by atoms with E-state index in [1.54, 1.807) is 26.4 Å². The molecule has 0 fully saturated rings. The number of phenolic OH excluding ortho intramolecular Hbond substituents is 1. The molecular weight excluding hydrogens is 218 g/mol. The highest BCUT2D eigenvalue weighted by Crippen LogP contribution is 2.37. The molecule has 0 aliphatic heterocycles. The number of ether oxygens (including phenoxy) is 2. The van der Waals surface area contributed by atoms with Crippen LogP contribution in [0.5, 0.6) is 17.2 Å². The number of benzene rings is 2. The van der Waals surface area contributed by atoms with Crippen molar-refractivity contribution in [3.63, 3.8) is 0 Å². The summed E-state index contributed by atoms with van der Waals surface area (Å²) >= 11 is 0. The first-order chi connectivity index (χ1) is 8.19. The highest BCUT2D eigenvalue weighted by Gasteiger charge is 2.10. The monoisotopic (exact) mass is 233 g/mol. The van der Waals surface area contributed by atoms with Crippen LogP contribution in [0.2, 0.25) is 0 Å². The van der Waals surface area contributed by atoms with Crippen LogP contribution in [0.1, 0.15) is 5.56 Å². The first-order valence-corrected chi connectivity index (χ1v) is 5.27. The summed E-state index contributed by atoms with van der Waals surface area (Å²) in [6.07, 6.45) is 0. The molecule has 0 aliphatic rings. The van der Waals surface area contributed by atoms with Crippen molar-refractivity contribution in [1.82, 2.24) is 0 Å². The lowest BCUT2D eigenvalue weighted by Crippen LogP contribution is -1.96. The minimum atomic E-state index is 0.169. The molecule has 0 spiro atoms. The van der Waals surface area contributed by atoms with Gasteiger partial charge in [-0.25, -0.2) is 0 Å². The minimum Gasteiger partial charge on any atom is -0.507 e. The van der Waals surface area contributed by atoms with Crippen LogP contribution in [0, 0.1) is 0 Å². The van der Waals surface area contributed by atoms with E-state index in [0.29, 0.717) is 23.4 Å². The molecule has 0 aromatic heterocycles. The Bertz CT molecular complexity index is 547. The van der Waals surface area contributed by atoms with Crippen molar-refractivity contribution < 1.29 is 14.6 Å². The van der Waals surface area contributed by atoms with Gasteiger partial charge in [-0.2, -0.15) is 0 Å². The van der Waals surface area contributed by atoms with Crippen LogP contribution in [0.15, 0.2) is 24.3 Å². The molecule has 3 N–H and O–H groups in total. The van der Waals surface area contributed by atoms with Gasteiger partial charge in [0.25, 0.3) is 0 Å². The average molecular weight is 233 g/mol. The molecule has 0 unspecified atom stereocenters. The van der Waals surface area contributed by atoms with Crippen LogP contribution in [-0.4, -0.2) is 19.3 Å². The third kappa shape index (κ3) is 1.99. The third-order valence-corrected chi connectivity index (χ3v) is 2.72. The van der Waals surface area contributed by atoms with E-state index < -0.39 is 0 Å². The van der Waals surface area contributed by atoms with Gasteiger partial charge < -0.3 is 20.3 Å². The van der Waals surface area contributed by atoms with Crippen molar-refractivity contribution in [2.45, 2.75) is 6.54 Å². The van der Waals surface area contributed by atoms with Crippen molar-refractivity contribution in [1.29, 1.82) is 0 Å². The van der Waals surface area contributed by atoms with Gasteiger partial charge in [0.2, 0.25) is 0 Å². The summed E-state index contributed by atoms with van der Waals surface area (Å²) in [5, 5.41) is 11.5. The summed E-state index contributed by atoms with van der Waals surface area (Å²) in [7, 11) is 3.15. The predicted molar refractivity (Wildman–Crippen MR) is 66.6 cm³/mol. The van der Waals surface area contributed by atoms with Crippen LogP contribution in [-0.2, 0) is 6.54 Å². The molecule has 0 amide bonds. The Labute approximate surface area is 99.6 Å². The van der Waals surface area contributed by atoms with Crippen LogP contribution in [0.25, 0.3) is 10.8 Å². The fraction of sp³-hybridized carbons (Fsp3) is 0.231. The van der Waals surface area contributed by atoms with E-state index in [1.807, 2.05) is 12.1 Å².